The normalized spacial score (nSPS) is 36.9. The monoisotopic (exact) mass is 237 g/mol. The maximum atomic E-state index is 6.06. The fourth-order valence-electron chi connectivity index (χ4n) is 3.23. The van der Waals surface area contributed by atoms with Gasteiger partial charge in [0.2, 0.25) is 0 Å². The molecule has 2 fully saturated rings. The number of ether oxygens (including phenoxy) is 1. The van der Waals surface area contributed by atoms with Crippen molar-refractivity contribution in [1.82, 2.24) is 0 Å². The molecule has 3 unspecified atom stereocenters. The van der Waals surface area contributed by atoms with Gasteiger partial charge in [-0.15, -0.1) is 0 Å². The second-order valence-corrected chi connectivity index (χ2v) is 5.34. The molecule has 2 heterocycles. The van der Waals surface area contributed by atoms with Crippen molar-refractivity contribution in [2.45, 2.75) is 36.9 Å². The molecule has 3 atom stereocenters. The van der Waals surface area contributed by atoms with Crippen LogP contribution in [0, 0.1) is 0 Å². The fraction of sp³-hybridized carbons (Fsp3) is 0.538. The zero-order valence-electron chi connectivity index (χ0n) is 9.16. The molecule has 0 amide bonds. The predicted octanol–water partition coefficient (Wildman–Crippen LogP) is 2.49. The van der Waals surface area contributed by atoms with E-state index in [1.54, 1.807) is 0 Å². The summed E-state index contributed by atoms with van der Waals surface area (Å²) < 4.78 is 5.95. The highest BCUT2D eigenvalue weighted by molar-refractivity contribution is 6.30. The van der Waals surface area contributed by atoms with Gasteiger partial charge in [-0.2, -0.15) is 0 Å². The lowest BCUT2D eigenvalue weighted by Crippen LogP contribution is -2.43. The summed E-state index contributed by atoms with van der Waals surface area (Å²) in [6.45, 7) is 0.647. The Balaban J connectivity index is 2.02. The van der Waals surface area contributed by atoms with Crippen LogP contribution in [0.1, 0.15) is 24.8 Å². The first-order chi connectivity index (χ1) is 7.74. The Bertz CT molecular complexity index is 409. The average molecular weight is 238 g/mol. The highest BCUT2D eigenvalue weighted by Gasteiger charge is 2.52. The van der Waals surface area contributed by atoms with E-state index in [0.29, 0.717) is 18.8 Å². The van der Waals surface area contributed by atoms with Crippen molar-refractivity contribution in [3.63, 3.8) is 0 Å². The topological polar surface area (TPSA) is 35.2 Å². The minimum absolute atomic E-state index is 0.00775. The summed E-state index contributed by atoms with van der Waals surface area (Å²) in [4.78, 5) is 0. The van der Waals surface area contributed by atoms with E-state index in [4.69, 9.17) is 22.1 Å². The number of hydrogen-bond acceptors (Lipinski definition) is 2. The Kier molecular flexibility index (Phi) is 2.46. The van der Waals surface area contributed by atoms with Gasteiger partial charge in [0.25, 0.3) is 0 Å². The number of hydrogen-bond donors (Lipinski definition) is 1. The molecule has 0 radical (unpaired) electrons. The van der Waals surface area contributed by atoms with Crippen LogP contribution in [0.25, 0.3) is 0 Å². The first-order valence-corrected chi connectivity index (χ1v) is 6.24. The van der Waals surface area contributed by atoms with Gasteiger partial charge in [-0.3, -0.25) is 0 Å². The largest absolute Gasteiger partial charge is 0.374 e. The van der Waals surface area contributed by atoms with E-state index in [1.807, 2.05) is 18.2 Å². The van der Waals surface area contributed by atoms with Gasteiger partial charge >= 0.3 is 0 Å². The van der Waals surface area contributed by atoms with Crippen LogP contribution in [-0.4, -0.2) is 18.8 Å². The van der Waals surface area contributed by atoms with Crippen LogP contribution in [0.15, 0.2) is 24.3 Å². The van der Waals surface area contributed by atoms with Gasteiger partial charge in [-0.05, 0) is 37.0 Å². The third-order valence-electron chi connectivity index (χ3n) is 4.08. The minimum Gasteiger partial charge on any atom is -0.374 e. The van der Waals surface area contributed by atoms with Crippen LogP contribution in [0.5, 0.6) is 0 Å². The highest BCUT2D eigenvalue weighted by Crippen LogP contribution is 2.49. The smallest absolute Gasteiger partial charge is 0.0689 e. The zero-order chi connectivity index (χ0) is 11.2. The van der Waals surface area contributed by atoms with Crippen LogP contribution >= 0.6 is 11.6 Å². The van der Waals surface area contributed by atoms with Crippen molar-refractivity contribution in [3.8, 4) is 0 Å². The lowest BCUT2D eigenvalue weighted by atomic mass is 9.69. The van der Waals surface area contributed by atoms with Crippen molar-refractivity contribution < 1.29 is 4.74 Å². The molecule has 3 rings (SSSR count). The molecule has 2 N–H and O–H groups in total. The molecule has 1 aromatic rings. The number of halogens is 1. The molecule has 0 spiro atoms. The molecule has 0 aliphatic carbocycles. The molecule has 16 heavy (non-hydrogen) atoms. The molecule has 3 heteroatoms. The third kappa shape index (κ3) is 1.41. The maximum Gasteiger partial charge on any atom is 0.0689 e. The molecule has 2 saturated heterocycles. The van der Waals surface area contributed by atoms with Crippen LogP contribution in [0.3, 0.4) is 0 Å². The number of nitrogens with two attached hydrogens (primary N) is 1. The molecule has 2 aliphatic rings. The Morgan fingerprint density at radius 3 is 2.88 bits per heavy atom. The van der Waals surface area contributed by atoms with Crippen LogP contribution in [0.4, 0.5) is 0 Å². The number of fused-ring (bicyclic) bond motifs is 2. The molecular weight excluding hydrogens is 222 g/mol. The molecule has 86 valence electrons. The Morgan fingerprint density at radius 2 is 2.31 bits per heavy atom. The molecule has 1 aromatic carbocycles. The second kappa shape index (κ2) is 3.73. The average Bonchev–Trinajstić information content (AvgIpc) is 2.89. The van der Waals surface area contributed by atoms with E-state index in [9.17, 15) is 0 Å². The standard InChI is InChI=1S/C13H16ClNO/c14-10-3-1-2-9(6-10)13(8-15)7-11-4-5-12(13)16-11/h1-3,6,11-12H,4-5,7-8,15H2. The summed E-state index contributed by atoms with van der Waals surface area (Å²) >= 11 is 6.06. The Labute approximate surface area is 101 Å². The Morgan fingerprint density at radius 1 is 1.44 bits per heavy atom. The summed E-state index contributed by atoms with van der Waals surface area (Å²) in [5.41, 5.74) is 7.27. The molecule has 2 nitrogen and oxygen atoms in total. The van der Waals surface area contributed by atoms with Crippen molar-refractivity contribution in [2.75, 3.05) is 6.54 Å². The lowest BCUT2D eigenvalue weighted by molar-refractivity contribution is 0.0857. The van der Waals surface area contributed by atoms with Gasteiger partial charge in [0.05, 0.1) is 12.2 Å². The van der Waals surface area contributed by atoms with Gasteiger partial charge in [0.1, 0.15) is 0 Å². The molecule has 2 bridgehead atoms. The predicted molar refractivity (Wildman–Crippen MR) is 64.7 cm³/mol. The summed E-state index contributed by atoms with van der Waals surface area (Å²) in [6.07, 6.45) is 4.07. The van der Waals surface area contributed by atoms with Gasteiger partial charge in [0, 0.05) is 17.0 Å². The minimum atomic E-state index is 0.00775. The van der Waals surface area contributed by atoms with Crippen LogP contribution in [0.2, 0.25) is 5.02 Å². The first-order valence-electron chi connectivity index (χ1n) is 5.86. The second-order valence-electron chi connectivity index (χ2n) is 4.90. The van der Waals surface area contributed by atoms with Gasteiger partial charge < -0.3 is 10.5 Å². The van der Waals surface area contributed by atoms with E-state index in [2.05, 4.69) is 6.07 Å². The van der Waals surface area contributed by atoms with Crippen molar-refractivity contribution in [2.24, 2.45) is 5.73 Å². The lowest BCUT2D eigenvalue weighted by Gasteiger charge is -2.34. The molecule has 0 aromatic heterocycles. The van der Waals surface area contributed by atoms with Crippen LogP contribution in [-0.2, 0) is 10.2 Å². The zero-order valence-corrected chi connectivity index (χ0v) is 9.91. The third-order valence-corrected chi connectivity index (χ3v) is 4.31. The van der Waals surface area contributed by atoms with E-state index in [-0.39, 0.29) is 5.41 Å². The molecule has 2 aliphatic heterocycles. The highest BCUT2D eigenvalue weighted by atomic mass is 35.5. The van der Waals surface area contributed by atoms with Crippen molar-refractivity contribution >= 4 is 11.6 Å². The van der Waals surface area contributed by atoms with E-state index in [0.717, 1.165) is 17.9 Å². The number of benzene rings is 1. The van der Waals surface area contributed by atoms with E-state index in [1.165, 1.54) is 12.0 Å². The van der Waals surface area contributed by atoms with Crippen molar-refractivity contribution in [1.29, 1.82) is 0 Å². The summed E-state index contributed by atoms with van der Waals surface area (Å²) in [7, 11) is 0. The van der Waals surface area contributed by atoms with E-state index >= 15 is 0 Å². The quantitative estimate of drug-likeness (QED) is 0.858. The maximum absolute atomic E-state index is 6.06. The summed E-state index contributed by atoms with van der Waals surface area (Å²) in [5.74, 6) is 0. The van der Waals surface area contributed by atoms with Gasteiger partial charge in [-0.25, -0.2) is 0 Å². The van der Waals surface area contributed by atoms with Crippen molar-refractivity contribution in [3.05, 3.63) is 34.9 Å². The van der Waals surface area contributed by atoms with Gasteiger partial charge in [0.15, 0.2) is 0 Å². The summed E-state index contributed by atoms with van der Waals surface area (Å²) in [5, 5.41) is 0.785. The SMILES string of the molecule is NCC1(c2cccc(Cl)c2)CC2CCC1O2. The molecular formula is C13H16ClNO. The fourth-order valence-corrected chi connectivity index (χ4v) is 3.42. The first kappa shape index (κ1) is 10.6. The molecule has 0 saturated carbocycles. The summed E-state index contributed by atoms with van der Waals surface area (Å²) in [6, 6.07) is 8.08. The number of rotatable bonds is 2. The van der Waals surface area contributed by atoms with Gasteiger partial charge in [-0.1, -0.05) is 23.7 Å². The Hall–Kier alpha value is -0.570. The van der Waals surface area contributed by atoms with Crippen LogP contribution < -0.4 is 5.73 Å². The van der Waals surface area contributed by atoms with E-state index < -0.39 is 0 Å².